The minimum absolute atomic E-state index is 0.251. The molecular weight excluding hydrogens is 189 g/mol. The highest BCUT2D eigenvalue weighted by atomic mass is 19.1. The molecule has 0 aliphatic heterocycles. The van der Waals surface area contributed by atoms with Crippen molar-refractivity contribution >= 4 is 0 Å². The maximum atomic E-state index is 12.6. The van der Waals surface area contributed by atoms with Crippen molar-refractivity contribution < 1.29 is 9.50 Å². The Morgan fingerprint density at radius 1 is 1.64 bits per heavy atom. The van der Waals surface area contributed by atoms with E-state index in [1.165, 1.54) is 0 Å². The number of halogens is 1. The van der Waals surface area contributed by atoms with Crippen molar-refractivity contribution in [3.05, 3.63) is 22.0 Å². The van der Waals surface area contributed by atoms with Crippen molar-refractivity contribution in [1.29, 1.82) is 0 Å². The Hall–Kier alpha value is -1.43. The van der Waals surface area contributed by atoms with Crippen LogP contribution < -0.4 is 10.9 Å². The van der Waals surface area contributed by atoms with Gasteiger partial charge < -0.3 is 15.4 Å². The first kappa shape index (κ1) is 9.14. The molecule has 3 N–H and O–H groups in total. The summed E-state index contributed by atoms with van der Waals surface area (Å²) in [6, 6.07) is 0.465. The molecule has 0 amide bonds. The molecule has 0 atom stereocenters. The molecule has 2 rings (SSSR count). The molecule has 76 valence electrons. The average molecular weight is 199 g/mol. The Kier molecular flexibility index (Phi) is 2.20. The van der Waals surface area contributed by atoms with Gasteiger partial charge in [0.25, 0.3) is 11.4 Å². The van der Waals surface area contributed by atoms with Crippen molar-refractivity contribution in [2.24, 2.45) is 0 Å². The molecule has 1 saturated carbocycles. The second-order valence-corrected chi connectivity index (χ2v) is 3.31. The number of H-pyrrole nitrogens is 1. The molecule has 1 aromatic heterocycles. The van der Waals surface area contributed by atoms with Crippen LogP contribution in [0.5, 0.6) is 5.88 Å². The Labute approximate surface area is 79.0 Å². The number of nitrogens with one attached hydrogen (secondary N) is 2. The van der Waals surface area contributed by atoms with Gasteiger partial charge >= 0.3 is 0 Å². The summed E-state index contributed by atoms with van der Waals surface area (Å²) in [4.78, 5) is 16.6. The first-order valence-corrected chi connectivity index (χ1v) is 4.38. The van der Waals surface area contributed by atoms with Crippen molar-refractivity contribution in [2.75, 3.05) is 0 Å². The molecule has 14 heavy (non-hydrogen) atoms. The number of hydrogen-bond donors (Lipinski definition) is 3. The molecule has 0 aromatic carbocycles. The minimum atomic E-state index is -1.24. The molecule has 1 heterocycles. The average Bonchev–Trinajstić information content (AvgIpc) is 2.94. The summed E-state index contributed by atoms with van der Waals surface area (Å²) in [5.41, 5.74) is -0.940. The highest BCUT2D eigenvalue weighted by Crippen LogP contribution is 2.18. The van der Waals surface area contributed by atoms with Crippen LogP contribution in [0.2, 0.25) is 0 Å². The van der Waals surface area contributed by atoms with Crippen molar-refractivity contribution in [2.45, 2.75) is 25.4 Å². The van der Waals surface area contributed by atoms with Gasteiger partial charge in [-0.05, 0) is 12.8 Å². The van der Waals surface area contributed by atoms with Crippen LogP contribution in [-0.2, 0) is 6.54 Å². The van der Waals surface area contributed by atoms with Crippen LogP contribution in [0.3, 0.4) is 0 Å². The molecule has 6 heteroatoms. The zero-order valence-electron chi connectivity index (χ0n) is 7.38. The second kappa shape index (κ2) is 3.38. The maximum absolute atomic E-state index is 12.6. The van der Waals surface area contributed by atoms with E-state index in [4.69, 9.17) is 5.11 Å². The van der Waals surface area contributed by atoms with Gasteiger partial charge in [0.15, 0.2) is 0 Å². The summed E-state index contributed by atoms with van der Waals surface area (Å²) >= 11 is 0. The Balaban J connectivity index is 2.13. The van der Waals surface area contributed by atoms with E-state index in [1.54, 1.807) is 0 Å². The topological polar surface area (TPSA) is 78.0 Å². The van der Waals surface area contributed by atoms with Gasteiger partial charge in [-0.2, -0.15) is 9.37 Å². The monoisotopic (exact) mass is 199 g/mol. The molecule has 0 spiro atoms. The molecule has 1 aromatic rings. The number of aromatic amines is 1. The first-order chi connectivity index (χ1) is 6.66. The third-order valence-corrected chi connectivity index (χ3v) is 2.03. The van der Waals surface area contributed by atoms with Crippen molar-refractivity contribution in [3.8, 4) is 5.88 Å². The molecule has 0 saturated heterocycles. The quantitative estimate of drug-likeness (QED) is 0.633. The lowest BCUT2D eigenvalue weighted by atomic mass is 10.5. The molecule has 0 bridgehead atoms. The Bertz CT molecular complexity index is 400. The van der Waals surface area contributed by atoms with Gasteiger partial charge in [-0.1, -0.05) is 0 Å². The number of nitrogens with zero attached hydrogens (tertiary/aromatic N) is 1. The number of aromatic nitrogens is 2. The highest BCUT2D eigenvalue weighted by Gasteiger charge is 2.20. The summed E-state index contributed by atoms with van der Waals surface area (Å²) in [6.07, 6.45) is 2.22. The largest absolute Gasteiger partial charge is 0.491 e. The van der Waals surface area contributed by atoms with Gasteiger partial charge in [-0.25, -0.2) is 0 Å². The summed E-state index contributed by atoms with van der Waals surface area (Å²) in [5, 5.41) is 12.0. The summed E-state index contributed by atoms with van der Waals surface area (Å²) < 4.78 is 12.6. The lowest BCUT2D eigenvalue weighted by Gasteiger charge is -2.02. The SMILES string of the molecule is O=c1[nH]c(CNC2CC2)nc(O)c1F. The Morgan fingerprint density at radius 3 is 2.93 bits per heavy atom. The molecular formula is C8H10FN3O2. The fraction of sp³-hybridized carbons (Fsp3) is 0.500. The van der Waals surface area contributed by atoms with Crippen LogP contribution in [-0.4, -0.2) is 21.1 Å². The molecule has 0 radical (unpaired) electrons. The fourth-order valence-electron chi connectivity index (χ4n) is 1.10. The van der Waals surface area contributed by atoms with Crippen LogP contribution in [0, 0.1) is 5.82 Å². The lowest BCUT2D eigenvalue weighted by molar-refractivity contribution is 0.399. The third kappa shape index (κ3) is 1.90. The van der Waals surface area contributed by atoms with Crippen molar-refractivity contribution in [1.82, 2.24) is 15.3 Å². The molecule has 1 aliphatic carbocycles. The predicted molar refractivity (Wildman–Crippen MR) is 46.3 cm³/mol. The first-order valence-electron chi connectivity index (χ1n) is 4.38. The van der Waals surface area contributed by atoms with Gasteiger partial charge in [0.2, 0.25) is 5.82 Å². The van der Waals surface area contributed by atoms with E-state index in [2.05, 4.69) is 15.3 Å². The summed E-state index contributed by atoms with van der Waals surface area (Å²) in [6.45, 7) is 0.341. The molecule has 0 unspecified atom stereocenters. The minimum Gasteiger partial charge on any atom is -0.491 e. The van der Waals surface area contributed by atoms with Crippen LogP contribution in [0.15, 0.2) is 4.79 Å². The fourth-order valence-corrected chi connectivity index (χ4v) is 1.10. The number of aromatic hydroxyl groups is 1. The molecule has 5 nitrogen and oxygen atoms in total. The maximum Gasteiger partial charge on any atom is 0.291 e. The van der Waals surface area contributed by atoms with Gasteiger partial charge in [0.05, 0.1) is 6.54 Å². The molecule has 1 fully saturated rings. The summed E-state index contributed by atoms with van der Waals surface area (Å²) in [5.74, 6) is -1.83. The summed E-state index contributed by atoms with van der Waals surface area (Å²) in [7, 11) is 0. The highest BCUT2D eigenvalue weighted by molar-refractivity contribution is 5.09. The van der Waals surface area contributed by atoms with E-state index in [0.717, 1.165) is 12.8 Å². The zero-order chi connectivity index (χ0) is 10.1. The van der Waals surface area contributed by atoms with Crippen LogP contribution >= 0.6 is 0 Å². The van der Waals surface area contributed by atoms with E-state index >= 15 is 0 Å². The lowest BCUT2D eigenvalue weighted by Crippen LogP contribution is -2.22. The van der Waals surface area contributed by atoms with E-state index in [0.29, 0.717) is 12.6 Å². The number of hydrogen-bond acceptors (Lipinski definition) is 4. The Morgan fingerprint density at radius 2 is 2.36 bits per heavy atom. The smallest absolute Gasteiger partial charge is 0.291 e. The van der Waals surface area contributed by atoms with E-state index in [-0.39, 0.29) is 5.82 Å². The zero-order valence-corrected chi connectivity index (χ0v) is 7.38. The van der Waals surface area contributed by atoms with Crippen molar-refractivity contribution in [3.63, 3.8) is 0 Å². The van der Waals surface area contributed by atoms with Crippen LogP contribution in [0.4, 0.5) is 4.39 Å². The van der Waals surface area contributed by atoms with Gasteiger partial charge in [-0.15, -0.1) is 0 Å². The van der Waals surface area contributed by atoms with Crippen LogP contribution in [0.1, 0.15) is 18.7 Å². The van der Waals surface area contributed by atoms with E-state index in [1.807, 2.05) is 0 Å². The standard InChI is InChI=1S/C8H10FN3O2/c9-6-7(13)11-5(12-8(6)14)3-10-4-1-2-4/h4,10H,1-3H2,(H2,11,12,13,14). The van der Waals surface area contributed by atoms with E-state index in [9.17, 15) is 9.18 Å². The molecule has 1 aliphatic rings. The predicted octanol–water partition coefficient (Wildman–Crippen LogP) is -0.133. The van der Waals surface area contributed by atoms with Gasteiger partial charge in [-0.3, -0.25) is 4.79 Å². The van der Waals surface area contributed by atoms with Gasteiger partial charge in [0.1, 0.15) is 5.82 Å². The van der Waals surface area contributed by atoms with E-state index < -0.39 is 17.3 Å². The normalized spacial score (nSPS) is 15.8. The van der Waals surface area contributed by atoms with Gasteiger partial charge in [0, 0.05) is 6.04 Å². The third-order valence-electron chi connectivity index (χ3n) is 2.03. The van der Waals surface area contributed by atoms with Crippen LogP contribution in [0.25, 0.3) is 0 Å². The number of rotatable bonds is 3. The second-order valence-electron chi connectivity index (χ2n) is 3.31.